The van der Waals surface area contributed by atoms with E-state index < -0.39 is 5.97 Å². The van der Waals surface area contributed by atoms with Gasteiger partial charge in [-0.15, -0.1) is 0 Å². The van der Waals surface area contributed by atoms with Crippen molar-refractivity contribution < 1.29 is 24.5 Å². The molecule has 0 saturated carbocycles. The zero-order valence-corrected chi connectivity index (χ0v) is 15.6. The Labute approximate surface area is 151 Å². The maximum Gasteiger partial charge on any atom is 0.338 e. The maximum absolute atomic E-state index is 11.4. The number of hydrogen-bond donors (Lipinski definition) is 2. The highest BCUT2D eigenvalue weighted by molar-refractivity contribution is 5.91. The monoisotopic (exact) mass is 352 g/mol. The molecular weight excluding hydrogens is 320 g/mol. The van der Waals surface area contributed by atoms with Crippen molar-refractivity contribution >= 4 is 5.97 Å². The number of unbranched alkanes of at least 4 members (excludes halogenated alkanes) is 9. The van der Waals surface area contributed by atoms with Crippen LogP contribution in [-0.2, 0) is 4.74 Å². The minimum absolute atomic E-state index is 0.0172. The van der Waals surface area contributed by atoms with Gasteiger partial charge in [0.15, 0.2) is 11.5 Å². The molecule has 25 heavy (non-hydrogen) atoms. The average molecular weight is 352 g/mol. The lowest BCUT2D eigenvalue weighted by Gasteiger charge is -2.11. The fraction of sp³-hybridized carbons (Fsp3) is 0.650. The van der Waals surface area contributed by atoms with E-state index in [-0.39, 0.29) is 22.8 Å². The Morgan fingerprint density at radius 3 is 1.84 bits per heavy atom. The summed E-state index contributed by atoms with van der Waals surface area (Å²) in [5, 5.41) is 19.8. The van der Waals surface area contributed by atoms with Crippen molar-refractivity contribution in [2.24, 2.45) is 0 Å². The molecule has 0 amide bonds. The molecule has 0 atom stereocenters. The normalized spacial score (nSPS) is 10.6. The number of esters is 1. The molecule has 0 aliphatic carbocycles. The number of benzene rings is 1. The summed E-state index contributed by atoms with van der Waals surface area (Å²) in [6.45, 7) is 2.66. The predicted molar refractivity (Wildman–Crippen MR) is 98.5 cm³/mol. The van der Waals surface area contributed by atoms with E-state index in [2.05, 4.69) is 11.7 Å². The summed E-state index contributed by atoms with van der Waals surface area (Å²) >= 11 is 0. The second-order valence-corrected chi connectivity index (χ2v) is 6.37. The molecule has 0 heterocycles. The van der Waals surface area contributed by atoms with Gasteiger partial charge in [0.05, 0.1) is 19.3 Å². The van der Waals surface area contributed by atoms with Crippen LogP contribution in [0.4, 0.5) is 0 Å². The first kappa shape index (κ1) is 21.1. The Morgan fingerprint density at radius 2 is 1.36 bits per heavy atom. The zero-order chi connectivity index (χ0) is 18.5. The molecule has 0 aromatic heterocycles. The van der Waals surface area contributed by atoms with Gasteiger partial charge in [-0.1, -0.05) is 64.7 Å². The number of ether oxygens (including phenoxy) is 2. The molecule has 0 unspecified atom stereocenters. The fourth-order valence-corrected chi connectivity index (χ4v) is 2.75. The van der Waals surface area contributed by atoms with Crippen LogP contribution in [0.2, 0.25) is 0 Å². The van der Waals surface area contributed by atoms with Crippen LogP contribution in [0.3, 0.4) is 0 Å². The third-order valence-electron chi connectivity index (χ3n) is 4.22. The van der Waals surface area contributed by atoms with Gasteiger partial charge < -0.3 is 19.7 Å². The molecule has 1 aromatic carbocycles. The van der Waals surface area contributed by atoms with Crippen LogP contribution in [0.15, 0.2) is 12.1 Å². The highest BCUT2D eigenvalue weighted by Crippen LogP contribution is 2.37. The number of carbonyl (C=O) groups is 1. The largest absolute Gasteiger partial charge is 0.504 e. The summed E-state index contributed by atoms with van der Waals surface area (Å²) in [5.74, 6) is -1.12. The first-order chi connectivity index (χ1) is 12.1. The van der Waals surface area contributed by atoms with Crippen LogP contribution in [-0.4, -0.2) is 29.9 Å². The van der Waals surface area contributed by atoms with Gasteiger partial charge in [-0.3, -0.25) is 0 Å². The quantitative estimate of drug-likeness (QED) is 0.378. The Hall–Kier alpha value is -1.91. The molecule has 0 bridgehead atoms. The van der Waals surface area contributed by atoms with Gasteiger partial charge in [0.1, 0.15) is 0 Å². The Balaban J connectivity index is 2.19. The Morgan fingerprint density at radius 1 is 0.880 bits per heavy atom. The summed E-state index contributed by atoms with van der Waals surface area (Å²) in [6, 6.07) is 2.47. The summed E-state index contributed by atoms with van der Waals surface area (Å²) in [4.78, 5) is 11.4. The van der Waals surface area contributed by atoms with Crippen molar-refractivity contribution in [2.75, 3.05) is 13.7 Å². The van der Waals surface area contributed by atoms with Crippen molar-refractivity contribution in [3.8, 4) is 17.2 Å². The van der Waals surface area contributed by atoms with E-state index in [4.69, 9.17) is 4.74 Å². The van der Waals surface area contributed by atoms with E-state index in [0.29, 0.717) is 6.61 Å². The van der Waals surface area contributed by atoms with Gasteiger partial charge in [-0.05, 0) is 18.6 Å². The van der Waals surface area contributed by atoms with Gasteiger partial charge in [0.25, 0.3) is 0 Å². The number of carbonyl (C=O) groups excluding carboxylic acids is 1. The number of phenols is 2. The van der Waals surface area contributed by atoms with Crippen molar-refractivity contribution in [1.82, 2.24) is 0 Å². The van der Waals surface area contributed by atoms with Crippen molar-refractivity contribution in [3.63, 3.8) is 0 Å². The van der Waals surface area contributed by atoms with Crippen molar-refractivity contribution in [1.29, 1.82) is 0 Å². The summed E-state index contributed by atoms with van der Waals surface area (Å²) in [5.41, 5.74) is 0.0868. The van der Waals surface area contributed by atoms with Crippen LogP contribution in [0.5, 0.6) is 17.2 Å². The van der Waals surface area contributed by atoms with E-state index in [9.17, 15) is 15.0 Å². The van der Waals surface area contributed by atoms with E-state index >= 15 is 0 Å². The Bertz CT molecular complexity index is 490. The molecule has 0 radical (unpaired) electrons. The van der Waals surface area contributed by atoms with Crippen molar-refractivity contribution in [3.05, 3.63) is 17.7 Å². The van der Waals surface area contributed by atoms with Crippen molar-refractivity contribution in [2.45, 2.75) is 71.1 Å². The third kappa shape index (κ3) is 8.14. The second kappa shape index (κ2) is 12.5. The van der Waals surface area contributed by atoms with Crippen LogP contribution >= 0.6 is 0 Å². The van der Waals surface area contributed by atoms with E-state index in [0.717, 1.165) is 12.8 Å². The highest BCUT2D eigenvalue weighted by Gasteiger charge is 2.15. The molecule has 0 aliphatic heterocycles. The van der Waals surface area contributed by atoms with E-state index in [1.54, 1.807) is 0 Å². The van der Waals surface area contributed by atoms with Crippen LogP contribution < -0.4 is 4.74 Å². The first-order valence-corrected chi connectivity index (χ1v) is 9.37. The van der Waals surface area contributed by atoms with Gasteiger partial charge >= 0.3 is 5.97 Å². The molecule has 142 valence electrons. The SMILES string of the molecule is CCCCCCCCCCCCOc1c(O)cc(C(=O)OC)cc1O. The zero-order valence-electron chi connectivity index (χ0n) is 15.6. The molecule has 0 spiro atoms. The minimum atomic E-state index is -0.619. The molecule has 2 N–H and O–H groups in total. The molecule has 0 aliphatic rings. The predicted octanol–water partition coefficient (Wildman–Crippen LogP) is 5.18. The number of methoxy groups -OCH3 is 1. The molecule has 1 aromatic rings. The smallest absolute Gasteiger partial charge is 0.338 e. The summed E-state index contributed by atoms with van der Waals surface area (Å²) in [7, 11) is 1.24. The van der Waals surface area contributed by atoms with E-state index in [1.807, 2.05) is 0 Å². The van der Waals surface area contributed by atoms with Crippen LogP contribution in [0.1, 0.15) is 81.5 Å². The third-order valence-corrected chi connectivity index (χ3v) is 4.22. The topological polar surface area (TPSA) is 76.0 Å². The molecule has 5 nitrogen and oxygen atoms in total. The molecule has 1 rings (SSSR count). The number of aromatic hydroxyl groups is 2. The van der Waals surface area contributed by atoms with Gasteiger partial charge in [0, 0.05) is 0 Å². The fourth-order valence-electron chi connectivity index (χ4n) is 2.75. The molecular formula is C20H32O5. The van der Waals surface area contributed by atoms with Crippen LogP contribution in [0.25, 0.3) is 0 Å². The number of hydrogen-bond acceptors (Lipinski definition) is 5. The molecule has 5 heteroatoms. The lowest BCUT2D eigenvalue weighted by molar-refractivity contribution is 0.0599. The molecule has 0 fully saturated rings. The molecule has 0 saturated heterocycles. The maximum atomic E-state index is 11.4. The minimum Gasteiger partial charge on any atom is -0.504 e. The van der Waals surface area contributed by atoms with E-state index in [1.165, 1.54) is 70.6 Å². The lowest BCUT2D eigenvalue weighted by Crippen LogP contribution is -2.03. The lowest BCUT2D eigenvalue weighted by atomic mass is 10.1. The van der Waals surface area contributed by atoms with Gasteiger partial charge in [-0.2, -0.15) is 0 Å². The van der Waals surface area contributed by atoms with Gasteiger partial charge in [0.2, 0.25) is 5.75 Å². The van der Waals surface area contributed by atoms with Gasteiger partial charge in [-0.25, -0.2) is 4.79 Å². The summed E-state index contributed by atoms with van der Waals surface area (Å²) in [6.07, 6.45) is 12.3. The highest BCUT2D eigenvalue weighted by atomic mass is 16.5. The number of rotatable bonds is 13. The number of phenolic OH excluding ortho intramolecular Hbond substituents is 2. The Kier molecular flexibility index (Phi) is 10.5. The first-order valence-electron chi connectivity index (χ1n) is 9.37. The van der Waals surface area contributed by atoms with Crippen LogP contribution in [0, 0.1) is 0 Å². The summed E-state index contributed by atoms with van der Waals surface area (Å²) < 4.78 is 10.0. The average Bonchev–Trinajstić information content (AvgIpc) is 2.60. The second-order valence-electron chi connectivity index (χ2n) is 6.37. The standard InChI is InChI=1S/C20H32O5/c1-3-4-5-6-7-8-9-10-11-12-13-25-19-17(21)14-16(15-18(19)22)20(23)24-2/h14-15,21-22H,3-13H2,1-2H3.